The van der Waals surface area contributed by atoms with Gasteiger partial charge in [-0.25, -0.2) is 0 Å². The van der Waals surface area contributed by atoms with Gasteiger partial charge in [-0.2, -0.15) is 0 Å². The Kier molecular flexibility index (Phi) is 4.66. The first-order chi connectivity index (χ1) is 11.2. The highest BCUT2D eigenvalue weighted by Gasteiger charge is 2.13. The van der Waals surface area contributed by atoms with Crippen molar-refractivity contribution < 1.29 is 14.3 Å². The predicted octanol–water partition coefficient (Wildman–Crippen LogP) is 2.71. The Labute approximate surface area is 135 Å². The number of hydrogen-bond acceptors (Lipinski definition) is 4. The predicted molar refractivity (Wildman–Crippen MR) is 88.7 cm³/mol. The number of amides is 1. The third kappa shape index (κ3) is 3.94. The van der Waals surface area contributed by atoms with Crippen molar-refractivity contribution in [3.8, 4) is 11.5 Å². The molecule has 1 heterocycles. The van der Waals surface area contributed by atoms with Crippen LogP contribution in [0.15, 0.2) is 42.5 Å². The van der Waals surface area contributed by atoms with E-state index >= 15 is 0 Å². The van der Waals surface area contributed by atoms with Crippen LogP contribution in [0.2, 0.25) is 0 Å². The van der Waals surface area contributed by atoms with E-state index in [1.54, 1.807) is 0 Å². The van der Waals surface area contributed by atoms with Crippen LogP contribution in [0.25, 0.3) is 0 Å². The molecule has 1 aliphatic rings. The highest BCUT2D eigenvalue weighted by Crippen LogP contribution is 2.32. The number of aryl methyl sites for hydroxylation is 1. The summed E-state index contributed by atoms with van der Waals surface area (Å²) in [5, 5.41) is 6.00. The number of carbonyl (C=O) groups is 1. The molecule has 0 saturated heterocycles. The fourth-order valence-electron chi connectivity index (χ4n) is 2.35. The lowest BCUT2D eigenvalue weighted by atomic mass is 10.1. The average Bonchev–Trinajstić information content (AvgIpc) is 3.06. The zero-order chi connectivity index (χ0) is 16.1. The number of nitrogens with one attached hydrogen (secondary N) is 2. The van der Waals surface area contributed by atoms with Crippen LogP contribution in [0, 0.1) is 0 Å². The second-order valence-electron chi connectivity index (χ2n) is 5.37. The Morgan fingerprint density at radius 3 is 2.57 bits per heavy atom. The van der Waals surface area contributed by atoms with Gasteiger partial charge in [-0.3, -0.25) is 4.79 Å². The first-order valence-electron chi connectivity index (χ1n) is 7.72. The van der Waals surface area contributed by atoms with Crippen LogP contribution in [0.3, 0.4) is 0 Å². The van der Waals surface area contributed by atoms with Crippen molar-refractivity contribution >= 4 is 11.6 Å². The molecule has 0 radical (unpaired) electrons. The van der Waals surface area contributed by atoms with Crippen LogP contribution >= 0.6 is 0 Å². The molecule has 5 nitrogen and oxygen atoms in total. The van der Waals surface area contributed by atoms with Gasteiger partial charge in [0.25, 0.3) is 0 Å². The minimum atomic E-state index is -0.0535. The van der Waals surface area contributed by atoms with E-state index < -0.39 is 0 Å². The van der Waals surface area contributed by atoms with E-state index in [0.717, 1.165) is 29.2 Å². The molecule has 5 heteroatoms. The van der Waals surface area contributed by atoms with Gasteiger partial charge < -0.3 is 20.1 Å². The molecule has 0 atom stereocenters. The summed E-state index contributed by atoms with van der Waals surface area (Å²) in [6, 6.07) is 13.8. The lowest BCUT2D eigenvalue weighted by Crippen LogP contribution is -2.29. The summed E-state index contributed by atoms with van der Waals surface area (Å²) < 4.78 is 10.6. The summed E-state index contributed by atoms with van der Waals surface area (Å²) in [4.78, 5) is 11.9. The molecule has 0 fully saturated rings. The molecule has 2 aromatic carbocycles. The largest absolute Gasteiger partial charge is 0.454 e. The fraction of sp³-hybridized carbons (Fsp3) is 0.278. The molecule has 0 spiro atoms. The van der Waals surface area contributed by atoms with Gasteiger partial charge in [0.2, 0.25) is 12.7 Å². The molecule has 0 aliphatic carbocycles. The van der Waals surface area contributed by atoms with Crippen LogP contribution in [-0.4, -0.2) is 19.2 Å². The van der Waals surface area contributed by atoms with Crippen LogP contribution in [0.5, 0.6) is 11.5 Å². The van der Waals surface area contributed by atoms with Crippen molar-refractivity contribution in [3.05, 3.63) is 53.6 Å². The standard InChI is InChI=1S/C18H20N2O3/c1-2-13-3-6-15(7-4-13)19-11-18(21)20-10-14-5-8-16-17(9-14)23-12-22-16/h3-9,19H,2,10-12H2,1H3,(H,20,21). The number of carbonyl (C=O) groups excluding carboxylic acids is 1. The van der Waals surface area contributed by atoms with Crippen molar-refractivity contribution in [2.75, 3.05) is 18.7 Å². The number of hydrogen-bond donors (Lipinski definition) is 2. The second kappa shape index (κ2) is 7.05. The van der Waals surface area contributed by atoms with E-state index in [-0.39, 0.29) is 19.2 Å². The molecule has 0 saturated carbocycles. The van der Waals surface area contributed by atoms with Crippen LogP contribution < -0.4 is 20.1 Å². The highest BCUT2D eigenvalue weighted by molar-refractivity contribution is 5.80. The number of benzene rings is 2. The molecule has 2 N–H and O–H groups in total. The summed E-state index contributed by atoms with van der Waals surface area (Å²) in [6.07, 6.45) is 1.01. The SMILES string of the molecule is CCc1ccc(NCC(=O)NCc2ccc3c(c2)OCO3)cc1. The van der Waals surface area contributed by atoms with Gasteiger partial charge >= 0.3 is 0 Å². The highest BCUT2D eigenvalue weighted by atomic mass is 16.7. The van der Waals surface area contributed by atoms with E-state index in [4.69, 9.17) is 9.47 Å². The normalized spacial score (nSPS) is 12.0. The van der Waals surface area contributed by atoms with Crippen LogP contribution in [0.4, 0.5) is 5.69 Å². The van der Waals surface area contributed by atoms with Crippen molar-refractivity contribution in [2.45, 2.75) is 19.9 Å². The second-order valence-corrected chi connectivity index (χ2v) is 5.37. The van der Waals surface area contributed by atoms with E-state index in [2.05, 4.69) is 29.7 Å². The zero-order valence-corrected chi connectivity index (χ0v) is 13.1. The van der Waals surface area contributed by atoms with Crippen molar-refractivity contribution in [3.63, 3.8) is 0 Å². The molecule has 2 aromatic rings. The summed E-state index contributed by atoms with van der Waals surface area (Å²) in [5.74, 6) is 1.42. The quantitative estimate of drug-likeness (QED) is 0.861. The van der Waals surface area contributed by atoms with Crippen molar-refractivity contribution in [2.24, 2.45) is 0 Å². The smallest absolute Gasteiger partial charge is 0.239 e. The summed E-state index contributed by atoms with van der Waals surface area (Å²) in [7, 11) is 0. The van der Waals surface area contributed by atoms with Gasteiger partial charge in [0.1, 0.15) is 0 Å². The van der Waals surface area contributed by atoms with E-state index in [0.29, 0.717) is 6.54 Å². The number of anilines is 1. The van der Waals surface area contributed by atoms with E-state index in [1.165, 1.54) is 5.56 Å². The van der Waals surface area contributed by atoms with Crippen molar-refractivity contribution in [1.82, 2.24) is 5.32 Å². The van der Waals surface area contributed by atoms with Gasteiger partial charge in [-0.05, 0) is 41.8 Å². The van der Waals surface area contributed by atoms with Gasteiger partial charge in [0.05, 0.1) is 6.54 Å². The Morgan fingerprint density at radius 1 is 1.04 bits per heavy atom. The first-order valence-corrected chi connectivity index (χ1v) is 7.72. The Morgan fingerprint density at radius 2 is 1.78 bits per heavy atom. The monoisotopic (exact) mass is 312 g/mol. The molecular weight excluding hydrogens is 292 g/mol. The molecule has 23 heavy (non-hydrogen) atoms. The third-order valence-electron chi connectivity index (χ3n) is 3.74. The van der Waals surface area contributed by atoms with Crippen LogP contribution in [0.1, 0.15) is 18.1 Å². The van der Waals surface area contributed by atoms with Gasteiger partial charge in [-0.15, -0.1) is 0 Å². The molecule has 0 unspecified atom stereocenters. The zero-order valence-electron chi connectivity index (χ0n) is 13.1. The summed E-state index contributed by atoms with van der Waals surface area (Å²) >= 11 is 0. The summed E-state index contributed by atoms with van der Waals surface area (Å²) in [5.41, 5.74) is 3.21. The number of ether oxygens (including phenoxy) is 2. The van der Waals surface area contributed by atoms with Gasteiger partial charge in [0.15, 0.2) is 11.5 Å². The molecule has 0 bridgehead atoms. The fourth-order valence-corrected chi connectivity index (χ4v) is 2.35. The van der Waals surface area contributed by atoms with Gasteiger partial charge in [0, 0.05) is 12.2 Å². The van der Waals surface area contributed by atoms with Crippen molar-refractivity contribution in [1.29, 1.82) is 0 Å². The number of rotatable bonds is 6. The maximum atomic E-state index is 11.9. The molecule has 1 aliphatic heterocycles. The lowest BCUT2D eigenvalue weighted by Gasteiger charge is -2.09. The minimum Gasteiger partial charge on any atom is -0.454 e. The van der Waals surface area contributed by atoms with E-state index in [9.17, 15) is 4.79 Å². The maximum absolute atomic E-state index is 11.9. The molecule has 1 amide bonds. The first kappa shape index (κ1) is 15.2. The third-order valence-corrected chi connectivity index (χ3v) is 3.74. The maximum Gasteiger partial charge on any atom is 0.239 e. The number of fused-ring (bicyclic) bond motifs is 1. The van der Waals surface area contributed by atoms with E-state index in [1.807, 2.05) is 30.3 Å². The average molecular weight is 312 g/mol. The summed E-state index contributed by atoms with van der Waals surface area (Å²) in [6.45, 7) is 3.08. The molecule has 120 valence electrons. The minimum absolute atomic E-state index is 0.0535. The Bertz CT molecular complexity index is 683. The van der Waals surface area contributed by atoms with Crippen LogP contribution in [-0.2, 0) is 17.8 Å². The Balaban J connectivity index is 1.45. The molecule has 0 aromatic heterocycles. The molecular formula is C18H20N2O3. The lowest BCUT2D eigenvalue weighted by molar-refractivity contribution is -0.119. The van der Waals surface area contributed by atoms with Gasteiger partial charge in [-0.1, -0.05) is 25.1 Å². The Hall–Kier alpha value is -2.69. The molecule has 3 rings (SSSR count). The topological polar surface area (TPSA) is 59.6 Å².